The lowest BCUT2D eigenvalue weighted by molar-refractivity contribution is -0.297. The molecule has 0 unspecified atom stereocenters. The van der Waals surface area contributed by atoms with Crippen molar-refractivity contribution >= 4 is 18.7 Å². The minimum absolute atomic E-state index is 0.00801. The number of nitrogens with one attached hydrogen (secondary N) is 1. The van der Waals surface area contributed by atoms with Crippen LogP contribution in [0, 0.1) is 5.82 Å². The summed E-state index contributed by atoms with van der Waals surface area (Å²) in [6.07, 6.45) is 1.68. The molecule has 2 saturated heterocycles. The SMILES string of the molecule is CC(C)c1c(C(=O)Nc2ccccc2)c(-c2ccccc2)c(-c2ccc(F)cc2)n1CC[C@@H]1C[C@H](CB2OC(C)(C)C(C)(C)O2)OC(C)(C)O1. The molecule has 2 aliphatic rings. The Balaban J connectivity index is 1.39. The Bertz CT molecular complexity index is 1770. The van der Waals surface area contributed by atoms with Crippen LogP contribution in [0.15, 0.2) is 84.9 Å². The highest BCUT2D eigenvalue weighted by Crippen LogP contribution is 2.44. The topological polar surface area (TPSA) is 71.0 Å². The second kappa shape index (κ2) is 14.1. The summed E-state index contributed by atoms with van der Waals surface area (Å²) >= 11 is 0. The molecule has 3 heterocycles. The first-order valence-electron chi connectivity index (χ1n) is 17.8. The van der Waals surface area contributed by atoms with Gasteiger partial charge in [-0.1, -0.05) is 62.4 Å². The van der Waals surface area contributed by atoms with Crippen molar-refractivity contribution in [2.24, 2.45) is 0 Å². The summed E-state index contributed by atoms with van der Waals surface area (Å²) in [5.41, 5.74) is 4.84. The largest absolute Gasteiger partial charge is 0.460 e. The monoisotopic (exact) mass is 680 g/mol. The first-order valence-corrected chi connectivity index (χ1v) is 17.8. The van der Waals surface area contributed by atoms with E-state index in [1.54, 1.807) is 12.1 Å². The highest BCUT2D eigenvalue weighted by Gasteiger charge is 2.52. The molecule has 4 aromatic rings. The fraction of sp³-hybridized carbons (Fsp3) is 0.439. The van der Waals surface area contributed by atoms with E-state index in [2.05, 4.69) is 51.4 Å². The molecule has 0 bridgehead atoms. The van der Waals surface area contributed by atoms with Gasteiger partial charge in [-0.15, -0.1) is 0 Å². The van der Waals surface area contributed by atoms with E-state index in [1.165, 1.54) is 12.1 Å². The van der Waals surface area contributed by atoms with E-state index in [1.807, 2.05) is 74.5 Å². The number of carbonyl (C=O) groups excluding carboxylic acids is 1. The van der Waals surface area contributed by atoms with Crippen molar-refractivity contribution < 1.29 is 28.0 Å². The average Bonchev–Trinajstić information content (AvgIpc) is 3.49. The zero-order valence-corrected chi connectivity index (χ0v) is 30.6. The molecule has 2 fully saturated rings. The molecule has 0 saturated carbocycles. The van der Waals surface area contributed by atoms with Crippen LogP contribution in [0.25, 0.3) is 22.4 Å². The van der Waals surface area contributed by atoms with Gasteiger partial charge in [-0.3, -0.25) is 4.79 Å². The van der Waals surface area contributed by atoms with Crippen LogP contribution in [0.1, 0.15) is 90.2 Å². The Morgan fingerprint density at radius 3 is 2.02 bits per heavy atom. The Morgan fingerprint density at radius 2 is 1.42 bits per heavy atom. The number of ether oxygens (including phenoxy) is 2. The van der Waals surface area contributed by atoms with Crippen molar-refractivity contribution in [1.29, 1.82) is 0 Å². The average molecular weight is 681 g/mol. The Hall–Kier alpha value is -3.76. The number of halogens is 1. The van der Waals surface area contributed by atoms with E-state index < -0.39 is 17.0 Å². The third kappa shape index (κ3) is 7.61. The van der Waals surface area contributed by atoms with Crippen molar-refractivity contribution in [1.82, 2.24) is 4.57 Å². The quantitative estimate of drug-likeness (QED) is 0.169. The van der Waals surface area contributed by atoms with Gasteiger partial charge in [0.2, 0.25) is 0 Å². The van der Waals surface area contributed by atoms with Crippen LogP contribution in [0.5, 0.6) is 0 Å². The van der Waals surface area contributed by atoms with Gasteiger partial charge in [0.05, 0.1) is 34.7 Å². The van der Waals surface area contributed by atoms with Crippen molar-refractivity contribution in [2.75, 3.05) is 5.32 Å². The zero-order valence-electron chi connectivity index (χ0n) is 30.6. The number of benzene rings is 3. The maximum Gasteiger partial charge on any atom is 0.460 e. The molecule has 6 rings (SSSR count). The van der Waals surface area contributed by atoms with Gasteiger partial charge in [-0.2, -0.15) is 0 Å². The number of hydrogen-bond acceptors (Lipinski definition) is 5. The summed E-state index contributed by atoms with van der Waals surface area (Å²) in [6, 6.07) is 26.0. The predicted octanol–water partition coefficient (Wildman–Crippen LogP) is 9.73. The van der Waals surface area contributed by atoms with E-state index in [0.717, 1.165) is 28.1 Å². The van der Waals surface area contributed by atoms with E-state index in [4.69, 9.17) is 18.8 Å². The maximum absolute atomic E-state index is 14.4. The van der Waals surface area contributed by atoms with Gasteiger partial charge in [-0.05, 0) is 108 Å². The van der Waals surface area contributed by atoms with Crippen LogP contribution < -0.4 is 5.32 Å². The molecular weight excluding hydrogens is 630 g/mol. The molecule has 0 aliphatic carbocycles. The van der Waals surface area contributed by atoms with Gasteiger partial charge in [0.15, 0.2) is 5.79 Å². The Kier molecular flexibility index (Phi) is 10.2. The lowest BCUT2D eigenvalue weighted by atomic mass is 9.79. The van der Waals surface area contributed by atoms with Crippen molar-refractivity contribution in [3.8, 4) is 22.4 Å². The normalized spacial score (nSPS) is 21.0. The second-order valence-corrected chi connectivity index (χ2v) is 15.3. The zero-order chi connectivity index (χ0) is 35.8. The number of nitrogens with zero attached hydrogens (tertiary/aromatic N) is 1. The van der Waals surface area contributed by atoms with Crippen LogP contribution in [0.4, 0.5) is 10.1 Å². The summed E-state index contributed by atoms with van der Waals surface area (Å²) < 4.78 is 42.2. The molecule has 2 aliphatic heterocycles. The highest BCUT2D eigenvalue weighted by atomic mass is 19.1. The number of para-hydroxylation sites is 1. The number of hydrogen-bond donors (Lipinski definition) is 1. The van der Waals surface area contributed by atoms with Crippen LogP contribution in [-0.4, -0.2) is 46.8 Å². The highest BCUT2D eigenvalue weighted by molar-refractivity contribution is 6.45. The molecule has 1 N–H and O–H groups in total. The Labute approximate surface area is 296 Å². The molecular formula is C41H50BFN2O5. The lowest BCUT2D eigenvalue weighted by Gasteiger charge is -2.41. The summed E-state index contributed by atoms with van der Waals surface area (Å²) in [4.78, 5) is 14.4. The van der Waals surface area contributed by atoms with Crippen LogP contribution in [-0.2, 0) is 25.3 Å². The third-order valence-electron chi connectivity index (χ3n) is 10.1. The summed E-state index contributed by atoms with van der Waals surface area (Å²) in [6.45, 7) is 16.9. The molecule has 2 atom stereocenters. The summed E-state index contributed by atoms with van der Waals surface area (Å²) in [5.74, 6) is -1.31. The van der Waals surface area contributed by atoms with Gasteiger partial charge in [0, 0.05) is 29.8 Å². The van der Waals surface area contributed by atoms with E-state index in [-0.39, 0.29) is 37.0 Å². The molecule has 9 heteroatoms. The third-order valence-corrected chi connectivity index (χ3v) is 10.1. The first kappa shape index (κ1) is 36.0. The number of rotatable bonds is 10. The summed E-state index contributed by atoms with van der Waals surface area (Å²) in [7, 11) is -0.374. The smallest absolute Gasteiger partial charge is 0.403 e. The molecule has 1 amide bonds. The minimum Gasteiger partial charge on any atom is -0.403 e. The van der Waals surface area contributed by atoms with E-state index in [9.17, 15) is 9.18 Å². The van der Waals surface area contributed by atoms with Gasteiger partial charge < -0.3 is 28.7 Å². The second-order valence-electron chi connectivity index (χ2n) is 15.3. The molecule has 0 spiro atoms. The van der Waals surface area contributed by atoms with Gasteiger partial charge in [0.1, 0.15) is 5.82 Å². The Morgan fingerprint density at radius 1 is 0.840 bits per heavy atom. The van der Waals surface area contributed by atoms with E-state index in [0.29, 0.717) is 37.0 Å². The van der Waals surface area contributed by atoms with E-state index >= 15 is 0 Å². The van der Waals surface area contributed by atoms with Gasteiger partial charge >= 0.3 is 7.12 Å². The van der Waals surface area contributed by atoms with Crippen molar-refractivity contribution in [2.45, 2.75) is 116 Å². The lowest BCUT2D eigenvalue weighted by Crippen LogP contribution is -2.46. The van der Waals surface area contributed by atoms with Crippen LogP contribution >= 0.6 is 0 Å². The maximum atomic E-state index is 14.4. The standard InChI is InChI=1S/C41H50BFN2O5/c1-27(2)36-35(38(46)44-31-17-13-10-14-18-31)34(28-15-11-9-12-16-28)37(29-19-21-30(43)22-20-29)45(36)24-23-32-25-33(48-41(7,8)47-32)26-42-49-39(3,4)40(5,6)50-42/h9-22,27,32-33H,23-26H2,1-8H3,(H,44,46)/t32-,33-/m1/s1. The number of anilines is 1. The fourth-order valence-electron chi connectivity index (χ4n) is 7.30. The predicted molar refractivity (Wildman–Crippen MR) is 198 cm³/mol. The van der Waals surface area contributed by atoms with Crippen LogP contribution in [0.2, 0.25) is 6.32 Å². The van der Waals surface area contributed by atoms with Gasteiger partial charge in [-0.25, -0.2) is 4.39 Å². The summed E-state index contributed by atoms with van der Waals surface area (Å²) in [5, 5.41) is 3.16. The van der Waals surface area contributed by atoms with Crippen molar-refractivity contribution in [3.63, 3.8) is 0 Å². The molecule has 264 valence electrons. The molecule has 50 heavy (non-hydrogen) atoms. The first-order chi connectivity index (χ1) is 23.6. The molecule has 3 aromatic carbocycles. The molecule has 0 radical (unpaired) electrons. The minimum atomic E-state index is -0.801. The van der Waals surface area contributed by atoms with Crippen molar-refractivity contribution in [3.05, 3.63) is 102 Å². The number of aromatic nitrogens is 1. The number of carbonyl (C=O) groups is 1. The number of amides is 1. The molecule has 1 aromatic heterocycles. The van der Waals surface area contributed by atoms with Crippen LogP contribution in [0.3, 0.4) is 0 Å². The van der Waals surface area contributed by atoms with Gasteiger partial charge in [0.25, 0.3) is 5.91 Å². The fourth-order valence-corrected chi connectivity index (χ4v) is 7.30. The molecule has 7 nitrogen and oxygen atoms in total.